The first-order valence-electron chi connectivity index (χ1n) is 9.85. The van der Waals surface area contributed by atoms with Crippen molar-refractivity contribution in [1.29, 1.82) is 0 Å². The van der Waals surface area contributed by atoms with Gasteiger partial charge in [0, 0.05) is 24.3 Å². The van der Waals surface area contributed by atoms with Crippen molar-refractivity contribution >= 4 is 17.8 Å². The third-order valence-electron chi connectivity index (χ3n) is 4.98. The first-order valence-corrected chi connectivity index (χ1v) is 9.85. The highest BCUT2D eigenvalue weighted by atomic mass is 16.5. The van der Waals surface area contributed by atoms with Gasteiger partial charge >= 0.3 is 0 Å². The number of phenolic OH excluding ortho intramolecular Hbond substituents is 1. The maximum absolute atomic E-state index is 12.5. The van der Waals surface area contributed by atoms with E-state index in [0.29, 0.717) is 23.5 Å². The van der Waals surface area contributed by atoms with E-state index in [-0.39, 0.29) is 11.7 Å². The summed E-state index contributed by atoms with van der Waals surface area (Å²) in [6.45, 7) is 3.96. The topological polar surface area (TPSA) is 74.2 Å². The number of anilines is 1. The fourth-order valence-corrected chi connectivity index (χ4v) is 3.47. The fraction of sp³-hybridized carbons (Fsp3) is 0.167. The third-order valence-corrected chi connectivity index (χ3v) is 4.98. The zero-order valence-electron chi connectivity index (χ0n) is 16.7. The Kier molecular flexibility index (Phi) is 5.66. The maximum Gasteiger partial charge on any atom is 0.271 e. The SMILES string of the molecule is CCOc1cc(/C=N/NC(=O)c2cccc(N3Cc4ccccc4C3)c2)ccc1O. The van der Waals surface area contributed by atoms with Crippen LogP contribution < -0.4 is 15.1 Å². The van der Waals surface area contributed by atoms with E-state index in [1.807, 2.05) is 25.1 Å². The lowest BCUT2D eigenvalue weighted by atomic mass is 10.1. The van der Waals surface area contributed by atoms with Crippen LogP contribution in [0.15, 0.2) is 71.8 Å². The molecule has 30 heavy (non-hydrogen) atoms. The summed E-state index contributed by atoms with van der Waals surface area (Å²) in [6, 6.07) is 20.8. The van der Waals surface area contributed by atoms with Gasteiger partial charge in [0.25, 0.3) is 5.91 Å². The van der Waals surface area contributed by atoms with Gasteiger partial charge in [-0.2, -0.15) is 5.10 Å². The highest BCUT2D eigenvalue weighted by Crippen LogP contribution is 2.28. The summed E-state index contributed by atoms with van der Waals surface area (Å²) >= 11 is 0. The minimum absolute atomic E-state index is 0.0684. The number of phenols is 1. The van der Waals surface area contributed by atoms with Crippen LogP contribution >= 0.6 is 0 Å². The average Bonchev–Trinajstić information content (AvgIpc) is 3.20. The summed E-state index contributed by atoms with van der Waals surface area (Å²) in [6.07, 6.45) is 1.51. The molecule has 6 nitrogen and oxygen atoms in total. The zero-order chi connectivity index (χ0) is 20.9. The van der Waals surface area contributed by atoms with Gasteiger partial charge in [0.05, 0.1) is 12.8 Å². The smallest absolute Gasteiger partial charge is 0.271 e. The van der Waals surface area contributed by atoms with Gasteiger partial charge in [0.2, 0.25) is 0 Å². The van der Waals surface area contributed by atoms with Crippen LogP contribution in [0.25, 0.3) is 0 Å². The van der Waals surface area contributed by atoms with Crippen molar-refractivity contribution in [2.75, 3.05) is 11.5 Å². The van der Waals surface area contributed by atoms with Gasteiger partial charge in [-0.15, -0.1) is 0 Å². The van der Waals surface area contributed by atoms with Gasteiger partial charge in [-0.05, 0) is 60.0 Å². The van der Waals surface area contributed by atoms with E-state index in [2.05, 4.69) is 39.7 Å². The molecule has 2 N–H and O–H groups in total. The summed E-state index contributed by atoms with van der Waals surface area (Å²) in [5.41, 5.74) is 7.44. The molecular formula is C24H23N3O3. The fourth-order valence-electron chi connectivity index (χ4n) is 3.47. The van der Waals surface area contributed by atoms with Crippen molar-refractivity contribution in [2.24, 2.45) is 5.10 Å². The number of hydrogen-bond acceptors (Lipinski definition) is 5. The number of amides is 1. The number of hydrogen-bond donors (Lipinski definition) is 2. The zero-order valence-corrected chi connectivity index (χ0v) is 16.7. The molecule has 0 atom stereocenters. The summed E-state index contributed by atoms with van der Waals surface area (Å²) in [5, 5.41) is 13.8. The van der Waals surface area contributed by atoms with E-state index in [4.69, 9.17) is 4.74 Å². The van der Waals surface area contributed by atoms with E-state index in [1.165, 1.54) is 23.4 Å². The van der Waals surface area contributed by atoms with Gasteiger partial charge in [0.1, 0.15) is 0 Å². The predicted octanol–water partition coefficient (Wildman–Crippen LogP) is 4.08. The van der Waals surface area contributed by atoms with Gasteiger partial charge in [-0.3, -0.25) is 4.79 Å². The summed E-state index contributed by atoms with van der Waals surface area (Å²) in [5.74, 6) is 0.166. The molecule has 0 aliphatic carbocycles. The number of rotatable bonds is 6. The summed E-state index contributed by atoms with van der Waals surface area (Å²) in [4.78, 5) is 14.8. The Morgan fingerprint density at radius 3 is 2.60 bits per heavy atom. The predicted molar refractivity (Wildman–Crippen MR) is 117 cm³/mol. The number of nitrogens with zero attached hydrogens (tertiary/aromatic N) is 2. The van der Waals surface area contributed by atoms with Gasteiger partial charge in [0.15, 0.2) is 11.5 Å². The van der Waals surface area contributed by atoms with Crippen LogP contribution in [0.4, 0.5) is 5.69 Å². The molecule has 0 bridgehead atoms. The van der Waals surface area contributed by atoms with Crippen molar-refractivity contribution in [1.82, 2.24) is 5.43 Å². The van der Waals surface area contributed by atoms with Crippen LogP contribution in [0.5, 0.6) is 11.5 Å². The Balaban J connectivity index is 1.42. The number of fused-ring (bicyclic) bond motifs is 1. The van der Waals surface area contributed by atoms with Crippen LogP contribution in [0, 0.1) is 0 Å². The Morgan fingerprint density at radius 2 is 1.87 bits per heavy atom. The average molecular weight is 401 g/mol. The largest absolute Gasteiger partial charge is 0.504 e. The van der Waals surface area contributed by atoms with Crippen LogP contribution in [0.1, 0.15) is 34.0 Å². The van der Waals surface area contributed by atoms with Crippen molar-refractivity contribution in [3.8, 4) is 11.5 Å². The molecule has 3 aromatic carbocycles. The number of nitrogens with one attached hydrogen (secondary N) is 1. The highest BCUT2D eigenvalue weighted by Gasteiger charge is 2.19. The Morgan fingerprint density at radius 1 is 1.10 bits per heavy atom. The van der Waals surface area contributed by atoms with Crippen molar-refractivity contribution in [2.45, 2.75) is 20.0 Å². The van der Waals surface area contributed by atoms with Crippen molar-refractivity contribution in [3.05, 3.63) is 89.0 Å². The van der Waals surface area contributed by atoms with E-state index in [0.717, 1.165) is 18.8 Å². The number of hydrazone groups is 1. The van der Waals surface area contributed by atoms with E-state index in [9.17, 15) is 9.90 Å². The highest BCUT2D eigenvalue weighted by molar-refractivity contribution is 5.95. The molecule has 0 saturated heterocycles. The molecule has 0 radical (unpaired) electrons. The minimum Gasteiger partial charge on any atom is -0.504 e. The first kappa shape index (κ1) is 19.5. The third kappa shape index (κ3) is 4.27. The molecule has 1 amide bonds. The Labute approximate surface area is 175 Å². The lowest BCUT2D eigenvalue weighted by Crippen LogP contribution is -2.19. The number of benzene rings is 3. The second-order valence-corrected chi connectivity index (χ2v) is 7.03. The standard InChI is InChI=1S/C24H23N3O3/c1-2-30-23-12-17(10-11-22(23)28)14-25-26-24(29)18-8-5-9-21(13-18)27-15-19-6-3-4-7-20(19)16-27/h3-14,28H,2,15-16H2,1H3,(H,26,29)/b25-14+. The summed E-state index contributed by atoms with van der Waals surface area (Å²) < 4.78 is 5.36. The second kappa shape index (κ2) is 8.69. The molecule has 1 aliphatic rings. The molecule has 1 heterocycles. The molecule has 6 heteroatoms. The molecule has 0 unspecified atom stereocenters. The Hall–Kier alpha value is -3.80. The molecule has 0 aromatic heterocycles. The quantitative estimate of drug-likeness (QED) is 0.482. The molecule has 0 spiro atoms. The number of carbonyl (C=O) groups is 1. The second-order valence-electron chi connectivity index (χ2n) is 7.03. The van der Waals surface area contributed by atoms with Crippen molar-refractivity contribution < 1.29 is 14.6 Å². The molecule has 152 valence electrons. The lowest BCUT2D eigenvalue weighted by Gasteiger charge is -2.18. The van der Waals surface area contributed by atoms with Gasteiger partial charge in [-0.1, -0.05) is 30.3 Å². The van der Waals surface area contributed by atoms with E-state index >= 15 is 0 Å². The van der Waals surface area contributed by atoms with Crippen LogP contribution in [-0.2, 0) is 13.1 Å². The monoisotopic (exact) mass is 401 g/mol. The normalized spacial score (nSPS) is 12.8. The molecule has 3 aromatic rings. The van der Waals surface area contributed by atoms with Crippen LogP contribution in [0.2, 0.25) is 0 Å². The minimum atomic E-state index is -0.284. The molecule has 0 saturated carbocycles. The number of ether oxygens (including phenoxy) is 1. The first-order chi connectivity index (χ1) is 14.6. The van der Waals surface area contributed by atoms with Crippen LogP contribution in [0.3, 0.4) is 0 Å². The molecule has 0 fully saturated rings. The maximum atomic E-state index is 12.5. The van der Waals surface area contributed by atoms with Crippen LogP contribution in [-0.4, -0.2) is 23.8 Å². The van der Waals surface area contributed by atoms with E-state index in [1.54, 1.807) is 18.2 Å². The lowest BCUT2D eigenvalue weighted by molar-refractivity contribution is 0.0955. The molecule has 1 aliphatic heterocycles. The van der Waals surface area contributed by atoms with Crippen molar-refractivity contribution in [3.63, 3.8) is 0 Å². The number of carbonyl (C=O) groups excluding carboxylic acids is 1. The van der Waals surface area contributed by atoms with Gasteiger partial charge in [-0.25, -0.2) is 5.43 Å². The molecule has 4 rings (SSSR count). The number of aromatic hydroxyl groups is 1. The summed E-state index contributed by atoms with van der Waals surface area (Å²) in [7, 11) is 0. The van der Waals surface area contributed by atoms with Gasteiger partial charge < -0.3 is 14.7 Å². The van der Waals surface area contributed by atoms with E-state index < -0.39 is 0 Å². The molecular weight excluding hydrogens is 378 g/mol. The Bertz CT molecular complexity index is 1070.